The van der Waals surface area contributed by atoms with E-state index < -0.39 is 0 Å². The largest absolute Gasteiger partial charge is 0.324 e. The summed E-state index contributed by atoms with van der Waals surface area (Å²) in [5.74, 6) is 0.535. The molecule has 9 heteroatoms. The van der Waals surface area contributed by atoms with E-state index in [-0.39, 0.29) is 5.91 Å². The molecule has 138 valence electrons. The summed E-state index contributed by atoms with van der Waals surface area (Å²) in [7, 11) is 0. The molecular formula is C18H19N7OS. The molecule has 0 bridgehead atoms. The van der Waals surface area contributed by atoms with Crippen molar-refractivity contribution in [3.8, 4) is 0 Å². The molecule has 0 radical (unpaired) electrons. The highest BCUT2D eigenvalue weighted by molar-refractivity contribution is 7.98. The van der Waals surface area contributed by atoms with Gasteiger partial charge in [-0.15, -0.1) is 5.10 Å². The zero-order valence-corrected chi connectivity index (χ0v) is 16.1. The standard InChI is InChI=1S/C18H19N7OS/c1-10-13(11(2)25-17(20-10)22-18(24-25)27-3)7-8-15(26)21-14-6-4-5-12-9-19-23-16(12)14/h4-6,9H,7-8H2,1-3H3,(H,19,23)(H,21,26). The number of nitrogens with one attached hydrogen (secondary N) is 2. The van der Waals surface area contributed by atoms with E-state index in [1.807, 2.05) is 38.3 Å². The van der Waals surface area contributed by atoms with E-state index in [9.17, 15) is 4.79 Å². The summed E-state index contributed by atoms with van der Waals surface area (Å²) < 4.78 is 1.75. The molecule has 3 heterocycles. The Labute approximate surface area is 159 Å². The number of hydrogen-bond acceptors (Lipinski definition) is 6. The monoisotopic (exact) mass is 381 g/mol. The fourth-order valence-corrected chi connectivity index (χ4v) is 3.50. The number of aromatic amines is 1. The number of hydrogen-bond donors (Lipinski definition) is 2. The number of thioether (sulfide) groups is 1. The lowest BCUT2D eigenvalue weighted by Gasteiger charge is -2.11. The molecule has 0 unspecified atom stereocenters. The Morgan fingerprint density at radius 2 is 2.15 bits per heavy atom. The molecule has 8 nitrogen and oxygen atoms in total. The number of benzene rings is 1. The van der Waals surface area contributed by atoms with Crippen LogP contribution in [0.4, 0.5) is 5.69 Å². The summed E-state index contributed by atoms with van der Waals surface area (Å²) in [6, 6.07) is 5.71. The number of carbonyl (C=O) groups is 1. The van der Waals surface area contributed by atoms with Gasteiger partial charge in [0, 0.05) is 23.2 Å². The van der Waals surface area contributed by atoms with Crippen molar-refractivity contribution in [3.05, 3.63) is 41.3 Å². The molecule has 4 aromatic rings. The van der Waals surface area contributed by atoms with Crippen LogP contribution in [0, 0.1) is 13.8 Å². The molecule has 0 aliphatic carbocycles. The zero-order valence-electron chi connectivity index (χ0n) is 15.3. The number of aromatic nitrogens is 6. The third kappa shape index (κ3) is 3.25. The van der Waals surface area contributed by atoms with Crippen molar-refractivity contribution < 1.29 is 4.79 Å². The van der Waals surface area contributed by atoms with Crippen LogP contribution >= 0.6 is 11.8 Å². The van der Waals surface area contributed by atoms with E-state index >= 15 is 0 Å². The SMILES string of the molecule is CSc1nc2nc(C)c(CCC(=O)Nc3cccc4cn[nH]c34)c(C)n2n1. The molecule has 4 rings (SSSR count). The number of H-pyrrole nitrogens is 1. The van der Waals surface area contributed by atoms with Crippen LogP contribution in [-0.2, 0) is 11.2 Å². The van der Waals surface area contributed by atoms with Crippen molar-refractivity contribution in [2.45, 2.75) is 31.8 Å². The average Bonchev–Trinajstić information content (AvgIpc) is 3.28. The molecule has 0 spiro atoms. The van der Waals surface area contributed by atoms with Crippen LogP contribution in [0.2, 0.25) is 0 Å². The Bertz CT molecular complexity index is 1150. The number of amides is 1. The maximum absolute atomic E-state index is 12.5. The minimum atomic E-state index is -0.0561. The average molecular weight is 381 g/mol. The maximum Gasteiger partial charge on any atom is 0.253 e. The third-order valence-electron chi connectivity index (χ3n) is 4.56. The Morgan fingerprint density at radius 1 is 1.30 bits per heavy atom. The molecular weight excluding hydrogens is 362 g/mol. The summed E-state index contributed by atoms with van der Waals surface area (Å²) in [6.45, 7) is 3.93. The van der Waals surface area contributed by atoms with E-state index in [1.54, 1.807) is 10.7 Å². The van der Waals surface area contributed by atoms with Gasteiger partial charge < -0.3 is 5.32 Å². The first-order valence-electron chi connectivity index (χ1n) is 8.55. The van der Waals surface area contributed by atoms with Crippen molar-refractivity contribution in [2.24, 2.45) is 0 Å². The Balaban J connectivity index is 1.52. The molecule has 0 saturated carbocycles. The lowest BCUT2D eigenvalue weighted by Crippen LogP contribution is -2.14. The van der Waals surface area contributed by atoms with Gasteiger partial charge in [-0.2, -0.15) is 10.1 Å². The summed E-state index contributed by atoms with van der Waals surface area (Å²) in [4.78, 5) is 21.4. The fraction of sp³-hybridized carbons (Fsp3) is 0.278. The summed E-state index contributed by atoms with van der Waals surface area (Å²) >= 11 is 1.48. The van der Waals surface area contributed by atoms with Crippen LogP contribution < -0.4 is 5.32 Å². The minimum Gasteiger partial charge on any atom is -0.324 e. The molecule has 1 amide bonds. The van der Waals surface area contributed by atoms with Crippen LogP contribution in [0.15, 0.2) is 29.6 Å². The molecule has 2 N–H and O–H groups in total. The smallest absolute Gasteiger partial charge is 0.253 e. The second-order valence-electron chi connectivity index (χ2n) is 6.26. The lowest BCUT2D eigenvalue weighted by molar-refractivity contribution is -0.116. The van der Waals surface area contributed by atoms with E-state index in [0.717, 1.165) is 33.5 Å². The highest BCUT2D eigenvalue weighted by atomic mass is 32.2. The number of rotatable bonds is 5. The van der Waals surface area contributed by atoms with Crippen LogP contribution in [0.25, 0.3) is 16.7 Å². The Morgan fingerprint density at radius 3 is 2.96 bits per heavy atom. The molecule has 0 fully saturated rings. The summed E-state index contributed by atoms with van der Waals surface area (Å²) in [5, 5.41) is 16.0. The first-order chi connectivity index (χ1) is 13.1. The van der Waals surface area contributed by atoms with Gasteiger partial charge in [-0.3, -0.25) is 9.89 Å². The highest BCUT2D eigenvalue weighted by Crippen LogP contribution is 2.21. The molecule has 3 aromatic heterocycles. The molecule has 0 aliphatic heterocycles. The topological polar surface area (TPSA) is 101 Å². The summed E-state index contributed by atoms with van der Waals surface area (Å²) in [6.07, 6.45) is 4.60. The number of carbonyl (C=O) groups excluding carboxylic acids is 1. The van der Waals surface area contributed by atoms with Gasteiger partial charge in [0.15, 0.2) is 0 Å². The van der Waals surface area contributed by atoms with E-state index in [4.69, 9.17) is 0 Å². The number of fused-ring (bicyclic) bond motifs is 2. The van der Waals surface area contributed by atoms with Gasteiger partial charge in [0.25, 0.3) is 5.78 Å². The molecule has 0 aliphatic rings. The third-order valence-corrected chi connectivity index (χ3v) is 5.10. The van der Waals surface area contributed by atoms with Crippen molar-refractivity contribution in [2.75, 3.05) is 11.6 Å². The predicted molar refractivity (Wildman–Crippen MR) is 105 cm³/mol. The summed E-state index contributed by atoms with van der Waals surface area (Å²) in [5.41, 5.74) is 4.43. The van der Waals surface area contributed by atoms with Crippen molar-refractivity contribution in [3.63, 3.8) is 0 Å². The van der Waals surface area contributed by atoms with Crippen molar-refractivity contribution >= 4 is 40.0 Å². The van der Waals surface area contributed by atoms with E-state index in [2.05, 4.69) is 30.6 Å². The minimum absolute atomic E-state index is 0.0561. The van der Waals surface area contributed by atoms with Gasteiger partial charge in [0.2, 0.25) is 11.1 Å². The van der Waals surface area contributed by atoms with Crippen LogP contribution in [0.5, 0.6) is 0 Å². The maximum atomic E-state index is 12.5. The Kier molecular flexibility index (Phi) is 4.53. The van der Waals surface area contributed by atoms with Crippen molar-refractivity contribution in [1.82, 2.24) is 29.8 Å². The molecule has 27 heavy (non-hydrogen) atoms. The van der Waals surface area contributed by atoms with E-state index in [0.29, 0.717) is 23.8 Å². The van der Waals surface area contributed by atoms with Crippen molar-refractivity contribution in [1.29, 1.82) is 0 Å². The normalized spacial score (nSPS) is 11.4. The predicted octanol–water partition coefficient (Wildman–Crippen LogP) is 2.91. The van der Waals surface area contributed by atoms with Crippen LogP contribution in [0.1, 0.15) is 23.4 Å². The zero-order chi connectivity index (χ0) is 19.0. The van der Waals surface area contributed by atoms with Gasteiger partial charge in [-0.1, -0.05) is 23.9 Å². The fourth-order valence-electron chi connectivity index (χ4n) is 3.16. The number of anilines is 1. The number of para-hydroxylation sites is 1. The quantitative estimate of drug-likeness (QED) is 0.516. The molecule has 1 aromatic carbocycles. The van der Waals surface area contributed by atoms with Crippen LogP contribution in [0.3, 0.4) is 0 Å². The first kappa shape index (κ1) is 17.5. The van der Waals surface area contributed by atoms with Gasteiger partial charge in [-0.05, 0) is 38.2 Å². The van der Waals surface area contributed by atoms with E-state index in [1.165, 1.54) is 11.8 Å². The second-order valence-corrected chi connectivity index (χ2v) is 7.03. The Hall–Kier alpha value is -2.94. The van der Waals surface area contributed by atoms with Gasteiger partial charge in [-0.25, -0.2) is 9.50 Å². The molecule has 0 saturated heterocycles. The van der Waals surface area contributed by atoms with Crippen LogP contribution in [-0.4, -0.2) is 41.9 Å². The lowest BCUT2D eigenvalue weighted by atomic mass is 10.1. The van der Waals surface area contributed by atoms with Gasteiger partial charge in [0.1, 0.15) is 0 Å². The van der Waals surface area contributed by atoms with Gasteiger partial charge >= 0.3 is 0 Å². The molecule has 0 atom stereocenters. The highest BCUT2D eigenvalue weighted by Gasteiger charge is 2.15. The number of aryl methyl sites for hydroxylation is 2. The van der Waals surface area contributed by atoms with Gasteiger partial charge in [0.05, 0.1) is 17.4 Å². The first-order valence-corrected chi connectivity index (χ1v) is 9.78. The number of nitrogens with zero attached hydrogens (tertiary/aromatic N) is 5. The second kappa shape index (κ2) is 6.99.